The first-order valence-electron chi connectivity index (χ1n) is 5.75. The van der Waals surface area contributed by atoms with Gasteiger partial charge in [-0.2, -0.15) is 0 Å². The smallest absolute Gasteiger partial charge is 0.326 e. The first kappa shape index (κ1) is 15.0. The topological polar surface area (TPSA) is 148 Å². The molecule has 0 aromatic rings. The molecule has 3 N–H and O–H groups in total. The van der Waals surface area contributed by atoms with Gasteiger partial charge in [0.15, 0.2) is 0 Å². The van der Waals surface area contributed by atoms with E-state index in [0.717, 1.165) is 4.90 Å². The normalized spacial score (nSPS) is 37.5. The van der Waals surface area contributed by atoms with E-state index >= 15 is 0 Å². The van der Waals surface area contributed by atoms with Crippen LogP contribution >= 0.6 is 15.9 Å². The Bertz CT molecular complexity index is 470. The molecule has 0 aromatic carbocycles. The molecule has 2 unspecified atom stereocenters. The Hall–Kier alpha value is -1.39. The largest absolute Gasteiger partial charge is 0.394 e. The van der Waals surface area contributed by atoms with Crippen molar-refractivity contribution in [2.75, 3.05) is 6.61 Å². The number of hydrogen-bond donors (Lipinski definition) is 3. The standard InChI is InChI=1S/C9H12BrN5O5/c10-6-7(13-14-11)15(9(19)12-8(6)18)5-1-3(17)4(2-16)20-5/h3-7,16-17H,1-2H2,(H,12,18,19)/t3-,4+,5+,6?,7?/m0/s1. The third-order valence-electron chi connectivity index (χ3n) is 3.13. The van der Waals surface area contributed by atoms with Gasteiger partial charge in [-0.25, -0.2) is 4.79 Å². The summed E-state index contributed by atoms with van der Waals surface area (Å²) in [6.07, 6.45) is -3.74. The van der Waals surface area contributed by atoms with Gasteiger partial charge in [0.1, 0.15) is 23.3 Å². The molecule has 0 aromatic heterocycles. The van der Waals surface area contributed by atoms with E-state index in [1.807, 2.05) is 0 Å². The van der Waals surface area contributed by atoms with Crippen molar-refractivity contribution in [2.45, 2.75) is 35.8 Å². The van der Waals surface area contributed by atoms with Gasteiger partial charge in [0.05, 0.1) is 12.7 Å². The summed E-state index contributed by atoms with van der Waals surface area (Å²) in [7, 11) is 0. The van der Waals surface area contributed by atoms with Gasteiger partial charge >= 0.3 is 6.03 Å². The minimum absolute atomic E-state index is 0.0456. The van der Waals surface area contributed by atoms with E-state index in [-0.39, 0.29) is 6.42 Å². The van der Waals surface area contributed by atoms with Gasteiger partial charge < -0.3 is 14.9 Å². The number of alkyl halides is 1. The van der Waals surface area contributed by atoms with Crippen LogP contribution in [0.15, 0.2) is 5.11 Å². The molecule has 2 rings (SSSR count). The number of aliphatic hydroxyl groups is 2. The molecular formula is C9H12BrN5O5. The van der Waals surface area contributed by atoms with Crippen molar-refractivity contribution < 1.29 is 24.5 Å². The van der Waals surface area contributed by atoms with Gasteiger partial charge in [-0.15, -0.1) is 0 Å². The van der Waals surface area contributed by atoms with Crippen LogP contribution < -0.4 is 5.32 Å². The number of ether oxygens (including phenoxy) is 1. The number of imide groups is 1. The lowest BCUT2D eigenvalue weighted by Crippen LogP contribution is -2.63. The highest BCUT2D eigenvalue weighted by atomic mass is 79.9. The third-order valence-corrected chi connectivity index (χ3v) is 4.01. The number of amides is 3. The Morgan fingerprint density at radius 1 is 1.60 bits per heavy atom. The molecule has 2 fully saturated rings. The number of nitrogens with zero attached hydrogens (tertiary/aromatic N) is 4. The summed E-state index contributed by atoms with van der Waals surface area (Å²) in [4.78, 5) is 26.1. The van der Waals surface area contributed by atoms with E-state index in [1.165, 1.54) is 0 Å². The summed E-state index contributed by atoms with van der Waals surface area (Å²) >= 11 is 3.05. The van der Waals surface area contributed by atoms with E-state index in [1.54, 1.807) is 0 Å². The zero-order valence-electron chi connectivity index (χ0n) is 10.1. The molecule has 0 radical (unpaired) electrons. The molecular weight excluding hydrogens is 338 g/mol. The van der Waals surface area contributed by atoms with Gasteiger partial charge in [-0.3, -0.25) is 15.0 Å². The average molecular weight is 350 g/mol. The van der Waals surface area contributed by atoms with Crippen molar-refractivity contribution >= 4 is 27.9 Å². The highest BCUT2D eigenvalue weighted by Crippen LogP contribution is 2.29. The number of carbonyl (C=O) groups excluding carboxylic acids is 2. The van der Waals surface area contributed by atoms with Crippen LogP contribution in [-0.4, -0.2) is 63.1 Å². The van der Waals surface area contributed by atoms with Crippen LogP contribution in [0.25, 0.3) is 10.4 Å². The Kier molecular flexibility index (Phi) is 4.45. The summed E-state index contributed by atoms with van der Waals surface area (Å²) in [5.74, 6) is -0.624. The van der Waals surface area contributed by atoms with Crippen LogP contribution in [0.5, 0.6) is 0 Å². The second-order valence-corrected chi connectivity index (χ2v) is 5.32. The summed E-state index contributed by atoms with van der Waals surface area (Å²) in [5.41, 5.74) is 8.56. The predicted molar refractivity (Wildman–Crippen MR) is 67.4 cm³/mol. The lowest BCUT2D eigenvalue weighted by atomic mass is 10.1. The van der Waals surface area contributed by atoms with Crippen molar-refractivity contribution in [1.82, 2.24) is 10.2 Å². The lowest BCUT2D eigenvalue weighted by Gasteiger charge is -2.38. The highest BCUT2D eigenvalue weighted by molar-refractivity contribution is 9.10. The monoisotopic (exact) mass is 349 g/mol. The molecule has 0 spiro atoms. The SMILES string of the molecule is [N-]=[N+]=NC1C(Br)C(=O)NC(=O)N1[C@H]1C[C@H](O)[C@@H](CO)O1. The van der Waals surface area contributed by atoms with Crippen LogP contribution in [0.2, 0.25) is 0 Å². The molecule has 0 bridgehead atoms. The first-order valence-corrected chi connectivity index (χ1v) is 6.67. The van der Waals surface area contributed by atoms with Crippen molar-refractivity contribution in [2.24, 2.45) is 5.11 Å². The maximum absolute atomic E-state index is 11.9. The average Bonchev–Trinajstić information content (AvgIpc) is 2.76. The first-order chi connectivity index (χ1) is 9.49. The summed E-state index contributed by atoms with van der Waals surface area (Å²) in [6, 6.07) is -0.779. The Morgan fingerprint density at radius 3 is 2.85 bits per heavy atom. The fourth-order valence-corrected chi connectivity index (χ4v) is 2.63. The molecule has 20 heavy (non-hydrogen) atoms. The van der Waals surface area contributed by atoms with Crippen LogP contribution in [0.3, 0.4) is 0 Å². The number of hydrogen-bond acceptors (Lipinski definition) is 6. The minimum atomic E-state index is -1.11. The van der Waals surface area contributed by atoms with E-state index < -0.39 is 48.0 Å². The van der Waals surface area contributed by atoms with Crippen LogP contribution in [-0.2, 0) is 9.53 Å². The Labute approximate surface area is 121 Å². The molecule has 3 amide bonds. The molecule has 0 aliphatic carbocycles. The van der Waals surface area contributed by atoms with Gasteiger partial charge in [-0.05, 0) is 5.53 Å². The Balaban J connectivity index is 2.25. The fraction of sp³-hybridized carbons (Fsp3) is 0.778. The van der Waals surface area contributed by atoms with E-state index in [4.69, 9.17) is 15.4 Å². The molecule has 2 saturated heterocycles. The van der Waals surface area contributed by atoms with Gasteiger partial charge in [0, 0.05) is 11.3 Å². The number of urea groups is 1. The number of halogens is 1. The van der Waals surface area contributed by atoms with Crippen molar-refractivity contribution in [3.63, 3.8) is 0 Å². The van der Waals surface area contributed by atoms with Gasteiger partial charge in [0.25, 0.3) is 0 Å². The Morgan fingerprint density at radius 2 is 2.30 bits per heavy atom. The molecule has 2 aliphatic rings. The van der Waals surface area contributed by atoms with E-state index in [9.17, 15) is 14.7 Å². The minimum Gasteiger partial charge on any atom is -0.394 e. The second-order valence-electron chi connectivity index (χ2n) is 4.34. The summed E-state index contributed by atoms with van der Waals surface area (Å²) < 4.78 is 5.34. The second kappa shape index (κ2) is 5.94. The van der Waals surface area contributed by atoms with Crippen molar-refractivity contribution in [1.29, 1.82) is 0 Å². The van der Waals surface area contributed by atoms with Crippen molar-refractivity contribution in [3.8, 4) is 0 Å². The molecule has 5 atom stereocenters. The van der Waals surface area contributed by atoms with Crippen molar-refractivity contribution in [3.05, 3.63) is 10.4 Å². The van der Waals surface area contributed by atoms with Crippen LogP contribution in [0.4, 0.5) is 4.79 Å². The van der Waals surface area contributed by atoms with Gasteiger partial charge in [0.2, 0.25) is 5.91 Å². The summed E-state index contributed by atoms with van der Waals surface area (Å²) in [6.45, 7) is -0.407. The number of rotatable bonds is 3. The van der Waals surface area contributed by atoms with Crippen LogP contribution in [0.1, 0.15) is 6.42 Å². The molecule has 2 heterocycles. The van der Waals surface area contributed by atoms with Crippen LogP contribution in [0, 0.1) is 0 Å². The number of aliphatic hydroxyl groups excluding tert-OH is 2. The third kappa shape index (κ3) is 2.58. The molecule has 110 valence electrons. The maximum Gasteiger partial charge on any atom is 0.326 e. The number of nitrogens with one attached hydrogen (secondary N) is 1. The molecule has 0 saturated carbocycles. The molecule has 10 nitrogen and oxygen atoms in total. The molecule has 11 heteroatoms. The predicted octanol–water partition coefficient (Wildman–Crippen LogP) is -0.594. The van der Waals surface area contributed by atoms with E-state index in [0.29, 0.717) is 0 Å². The quantitative estimate of drug-likeness (QED) is 0.269. The zero-order valence-corrected chi connectivity index (χ0v) is 11.7. The summed E-state index contributed by atoms with van der Waals surface area (Å²) in [5, 5.41) is 24.2. The maximum atomic E-state index is 11.9. The number of carbonyl (C=O) groups is 2. The molecule has 2 aliphatic heterocycles. The lowest BCUT2D eigenvalue weighted by molar-refractivity contribution is -0.125. The number of azide groups is 1. The van der Waals surface area contributed by atoms with Gasteiger partial charge in [-0.1, -0.05) is 21.0 Å². The zero-order chi connectivity index (χ0) is 14.9. The fourth-order valence-electron chi connectivity index (χ4n) is 2.15. The van der Waals surface area contributed by atoms with E-state index in [2.05, 4.69) is 31.3 Å². The highest BCUT2D eigenvalue weighted by Gasteiger charge is 2.47.